The number of hydrogen-bond donors (Lipinski definition) is 2. The highest BCUT2D eigenvalue weighted by molar-refractivity contribution is 5.79. The quantitative estimate of drug-likeness (QED) is 0.375. The summed E-state index contributed by atoms with van der Waals surface area (Å²) in [5, 5.41) is 0. The number of aliphatic imine (C=N–C) groups is 1. The zero-order valence-electron chi connectivity index (χ0n) is 11.3. The van der Waals surface area contributed by atoms with Crippen molar-refractivity contribution in [2.45, 2.75) is 32.9 Å². The fraction of sp³-hybridized carbons (Fsp3) is 0.462. The second-order valence-electron chi connectivity index (χ2n) is 4.50. The van der Waals surface area contributed by atoms with Crippen LogP contribution in [-0.2, 0) is 0 Å². The number of nitrogens with two attached hydrogens (primary N) is 1. The summed E-state index contributed by atoms with van der Waals surface area (Å²) in [5.74, 6) is 5.78. The van der Waals surface area contributed by atoms with Gasteiger partial charge in [-0.1, -0.05) is 18.2 Å². The molecule has 0 aliphatic rings. The summed E-state index contributed by atoms with van der Waals surface area (Å²) >= 11 is 0. The van der Waals surface area contributed by atoms with Crippen LogP contribution < -0.4 is 11.3 Å². The van der Waals surface area contributed by atoms with Gasteiger partial charge >= 0.3 is 0 Å². The number of benzene rings is 1. The molecule has 5 heteroatoms. The molecule has 1 aromatic rings. The molecule has 0 radical (unpaired) electrons. The van der Waals surface area contributed by atoms with Crippen LogP contribution in [0.1, 0.15) is 32.4 Å². The number of rotatable bonds is 3. The molecule has 0 fully saturated rings. The molecule has 0 aromatic heterocycles. The van der Waals surface area contributed by atoms with Crippen molar-refractivity contribution < 1.29 is 4.39 Å². The van der Waals surface area contributed by atoms with Crippen LogP contribution in [0.5, 0.6) is 0 Å². The van der Waals surface area contributed by atoms with Gasteiger partial charge in [0.25, 0.3) is 0 Å². The minimum atomic E-state index is -0.224. The lowest BCUT2D eigenvalue weighted by atomic mass is 10.1. The minimum absolute atomic E-state index is 0.117. The van der Waals surface area contributed by atoms with E-state index in [-0.39, 0.29) is 17.9 Å². The normalized spacial score (nSPS) is 13.6. The number of nitrogens with zero attached hydrogens (tertiary/aromatic N) is 2. The van der Waals surface area contributed by atoms with Gasteiger partial charge in [-0.25, -0.2) is 15.2 Å². The van der Waals surface area contributed by atoms with Crippen LogP contribution in [0.2, 0.25) is 0 Å². The SMILES string of the molecule is CC(C)N=C(NN)N(C)C(C)c1ccccc1F. The van der Waals surface area contributed by atoms with Gasteiger partial charge in [0.15, 0.2) is 0 Å². The van der Waals surface area contributed by atoms with E-state index in [2.05, 4.69) is 10.4 Å². The third kappa shape index (κ3) is 3.43. The fourth-order valence-corrected chi connectivity index (χ4v) is 1.68. The molecule has 0 spiro atoms. The summed E-state index contributed by atoms with van der Waals surface area (Å²) in [6.07, 6.45) is 0. The highest BCUT2D eigenvalue weighted by Gasteiger charge is 2.18. The van der Waals surface area contributed by atoms with Gasteiger partial charge in [-0.15, -0.1) is 0 Å². The summed E-state index contributed by atoms with van der Waals surface area (Å²) in [6, 6.07) is 6.67. The predicted molar refractivity (Wildman–Crippen MR) is 72.5 cm³/mol. The van der Waals surface area contributed by atoms with Crippen molar-refractivity contribution in [3.63, 3.8) is 0 Å². The molecule has 0 aliphatic heterocycles. The van der Waals surface area contributed by atoms with Crippen LogP contribution in [0.4, 0.5) is 4.39 Å². The topological polar surface area (TPSA) is 53.6 Å². The second-order valence-corrected chi connectivity index (χ2v) is 4.50. The van der Waals surface area contributed by atoms with Crippen LogP contribution in [0.3, 0.4) is 0 Å². The van der Waals surface area contributed by atoms with Crippen molar-refractivity contribution in [2.75, 3.05) is 7.05 Å². The molecular formula is C13H21FN4. The monoisotopic (exact) mass is 252 g/mol. The van der Waals surface area contributed by atoms with E-state index < -0.39 is 0 Å². The Labute approximate surface area is 108 Å². The molecule has 0 bridgehead atoms. The molecule has 18 heavy (non-hydrogen) atoms. The first kappa shape index (κ1) is 14.4. The van der Waals surface area contributed by atoms with Gasteiger partial charge in [0.2, 0.25) is 5.96 Å². The molecule has 4 nitrogen and oxygen atoms in total. The van der Waals surface area contributed by atoms with Crippen molar-refractivity contribution in [2.24, 2.45) is 10.8 Å². The molecule has 0 amide bonds. The van der Waals surface area contributed by atoms with Gasteiger partial charge < -0.3 is 4.90 Å². The van der Waals surface area contributed by atoms with Crippen LogP contribution >= 0.6 is 0 Å². The summed E-state index contributed by atoms with van der Waals surface area (Å²) < 4.78 is 13.7. The van der Waals surface area contributed by atoms with Gasteiger partial charge in [0.05, 0.1) is 6.04 Å². The Morgan fingerprint density at radius 1 is 1.33 bits per heavy atom. The standard InChI is InChI=1S/C13H21FN4/c1-9(2)16-13(17-15)18(4)10(3)11-7-5-6-8-12(11)14/h5-10H,15H2,1-4H3,(H,16,17). The summed E-state index contributed by atoms with van der Waals surface area (Å²) in [6.45, 7) is 5.82. The Morgan fingerprint density at radius 2 is 1.94 bits per heavy atom. The van der Waals surface area contributed by atoms with E-state index in [9.17, 15) is 4.39 Å². The Morgan fingerprint density at radius 3 is 2.44 bits per heavy atom. The first-order chi connectivity index (χ1) is 8.47. The number of hydrazine groups is 1. The Kier molecular flexibility index (Phi) is 5.09. The minimum Gasteiger partial charge on any atom is -0.338 e. The van der Waals surface area contributed by atoms with Gasteiger partial charge in [0.1, 0.15) is 5.82 Å². The van der Waals surface area contributed by atoms with E-state index in [4.69, 9.17) is 5.84 Å². The predicted octanol–water partition coefficient (Wildman–Crippen LogP) is 2.05. The van der Waals surface area contributed by atoms with Gasteiger partial charge in [0, 0.05) is 18.7 Å². The van der Waals surface area contributed by atoms with E-state index in [1.54, 1.807) is 12.1 Å². The number of hydrogen-bond acceptors (Lipinski definition) is 2. The van der Waals surface area contributed by atoms with E-state index in [0.717, 1.165) is 0 Å². The molecular weight excluding hydrogens is 231 g/mol. The molecule has 100 valence electrons. The molecule has 1 atom stereocenters. The van der Waals surface area contributed by atoms with Crippen molar-refractivity contribution in [3.05, 3.63) is 35.6 Å². The molecule has 0 aliphatic carbocycles. The lowest BCUT2D eigenvalue weighted by molar-refractivity contribution is 0.373. The summed E-state index contributed by atoms with van der Waals surface area (Å²) in [7, 11) is 1.83. The first-order valence-corrected chi connectivity index (χ1v) is 5.99. The summed E-state index contributed by atoms with van der Waals surface area (Å²) in [5.41, 5.74) is 3.17. The Bertz CT molecular complexity index is 417. The van der Waals surface area contributed by atoms with Crippen LogP contribution in [0.25, 0.3) is 0 Å². The molecule has 0 heterocycles. The average molecular weight is 252 g/mol. The van der Waals surface area contributed by atoms with Crippen molar-refractivity contribution in [3.8, 4) is 0 Å². The van der Waals surface area contributed by atoms with Crippen LogP contribution in [-0.4, -0.2) is 23.9 Å². The lowest BCUT2D eigenvalue weighted by Gasteiger charge is -2.28. The van der Waals surface area contributed by atoms with Gasteiger partial charge in [-0.2, -0.15) is 0 Å². The van der Waals surface area contributed by atoms with Crippen molar-refractivity contribution in [1.82, 2.24) is 10.3 Å². The van der Waals surface area contributed by atoms with Crippen LogP contribution in [0.15, 0.2) is 29.3 Å². The molecule has 0 saturated carbocycles. The van der Waals surface area contributed by atoms with E-state index in [0.29, 0.717) is 11.5 Å². The second kappa shape index (κ2) is 6.35. The molecule has 0 saturated heterocycles. The molecule has 1 rings (SSSR count). The molecule has 1 aromatic carbocycles. The Hall–Kier alpha value is -1.62. The van der Waals surface area contributed by atoms with E-state index >= 15 is 0 Å². The number of halogens is 1. The highest BCUT2D eigenvalue weighted by Crippen LogP contribution is 2.21. The maximum Gasteiger partial charge on any atom is 0.208 e. The van der Waals surface area contributed by atoms with Gasteiger partial charge in [-0.05, 0) is 26.8 Å². The maximum atomic E-state index is 13.7. The smallest absolute Gasteiger partial charge is 0.208 e. The highest BCUT2D eigenvalue weighted by atomic mass is 19.1. The van der Waals surface area contributed by atoms with Gasteiger partial charge in [-0.3, -0.25) is 5.43 Å². The largest absolute Gasteiger partial charge is 0.338 e. The van der Waals surface area contributed by atoms with Crippen molar-refractivity contribution in [1.29, 1.82) is 0 Å². The van der Waals surface area contributed by atoms with E-state index in [1.165, 1.54) is 6.07 Å². The first-order valence-electron chi connectivity index (χ1n) is 5.99. The zero-order valence-corrected chi connectivity index (χ0v) is 11.3. The Balaban J connectivity index is 2.96. The molecule has 3 N–H and O–H groups in total. The van der Waals surface area contributed by atoms with Crippen molar-refractivity contribution >= 4 is 5.96 Å². The fourth-order valence-electron chi connectivity index (χ4n) is 1.68. The molecule has 1 unspecified atom stereocenters. The third-order valence-corrected chi connectivity index (χ3v) is 2.78. The number of guanidine groups is 1. The van der Waals surface area contributed by atoms with E-state index in [1.807, 2.05) is 38.8 Å². The summed E-state index contributed by atoms with van der Waals surface area (Å²) in [4.78, 5) is 6.17. The average Bonchev–Trinajstić information content (AvgIpc) is 2.34. The lowest BCUT2D eigenvalue weighted by Crippen LogP contribution is -2.44. The maximum absolute atomic E-state index is 13.7. The zero-order chi connectivity index (χ0) is 13.7. The van der Waals surface area contributed by atoms with Crippen LogP contribution in [0, 0.1) is 5.82 Å². The third-order valence-electron chi connectivity index (χ3n) is 2.78. The number of nitrogens with one attached hydrogen (secondary N) is 1.